The molecular formula is C25H27NO5. The summed E-state index contributed by atoms with van der Waals surface area (Å²) in [6.45, 7) is 3.63. The summed E-state index contributed by atoms with van der Waals surface area (Å²) in [5, 5.41) is 11.0. The van der Waals surface area contributed by atoms with Crippen LogP contribution in [0.15, 0.2) is 60.2 Å². The Bertz CT molecular complexity index is 961. The molecular weight excluding hydrogens is 394 g/mol. The van der Waals surface area contributed by atoms with Gasteiger partial charge in [0.15, 0.2) is 0 Å². The van der Waals surface area contributed by atoms with E-state index < -0.39 is 17.7 Å². The zero-order valence-electron chi connectivity index (χ0n) is 17.6. The molecule has 2 unspecified atom stereocenters. The molecule has 0 bridgehead atoms. The van der Waals surface area contributed by atoms with Gasteiger partial charge < -0.3 is 19.5 Å². The molecule has 0 saturated carbocycles. The van der Waals surface area contributed by atoms with Gasteiger partial charge in [0.2, 0.25) is 0 Å². The average molecular weight is 421 g/mol. The quantitative estimate of drug-likeness (QED) is 0.414. The molecule has 1 amide bonds. The van der Waals surface area contributed by atoms with E-state index in [1.807, 2.05) is 37.3 Å². The Kier molecular flexibility index (Phi) is 6.37. The van der Waals surface area contributed by atoms with Crippen molar-refractivity contribution in [3.63, 3.8) is 0 Å². The van der Waals surface area contributed by atoms with Gasteiger partial charge in [0.25, 0.3) is 11.7 Å². The number of amides is 1. The highest BCUT2D eigenvalue weighted by Gasteiger charge is 2.47. The fourth-order valence-corrected chi connectivity index (χ4v) is 4.14. The Balaban J connectivity index is 1.75. The van der Waals surface area contributed by atoms with Crippen LogP contribution < -0.4 is 4.74 Å². The van der Waals surface area contributed by atoms with Crippen LogP contribution in [0.2, 0.25) is 0 Å². The van der Waals surface area contributed by atoms with Gasteiger partial charge in [-0.3, -0.25) is 9.59 Å². The minimum Gasteiger partial charge on any atom is -0.507 e. The molecule has 2 aliphatic rings. The third kappa shape index (κ3) is 4.35. The number of aliphatic hydroxyl groups excluding tert-OH is 1. The number of carbonyl (C=O) groups is 2. The number of aliphatic hydroxyl groups is 1. The molecule has 0 radical (unpaired) electrons. The second-order valence-corrected chi connectivity index (χ2v) is 7.87. The van der Waals surface area contributed by atoms with Gasteiger partial charge in [-0.05, 0) is 37.0 Å². The molecule has 2 heterocycles. The predicted molar refractivity (Wildman–Crippen MR) is 117 cm³/mol. The molecule has 2 aromatic carbocycles. The maximum atomic E-state index is 13.0. The normalized spacial score (nSPS) is 22.8. The van der Waals surface area contributed by atoms with Crippen molar-refractivity contribution >= 4 is 17.4 Å². The van der Waals surface area contributed by atoms with Crippen molar-refractivity contribution in [1.29, 1.82) is 0 Å². The highest BCUT2D eigenvalue weighted by molar-refractivity contribution is 6.46. The molecule has 0 aromatic heterocycles. The minimum atomic E-state index is -0.676. The van der Waals surface area contributed by atoms with Gasteiger partial charge in [-0.15, -0.1) is 0 Å². The Labute approximate surface area is 182 Å². The summed E-state index contributed by atoms with van der Waals surface area (Å²) in [6.07, 6.45) is 2.58. The van der Waals surface area contributed by atoms with Gasteiger partial charge in [0, 0.05) is 18.7 Å². The molecule has 6 nitrogen and oxygen atoms in total. The Morgan fingerprint density at radius 1 is 1.13 bits per heavy atom. The van der Waals surface area contributed by atoms with Crippen LogP contribution >= 0.6 is 0 Å². The molecule has 2 aliphatic heterocycles. The summed E-state index contributed by atoms with van der Waals surface area (Å²) < 4.78 is 11.4. The fourth-order valence-electron chi connectivity index (χ4n) is 4.14. The van der Waals surface area contributed by atoms with Crippen LogP contribution in [0.5, 0.6) is 5.75 Å². The lowest BCUT2D eigenvalue weighted by Crippen LogP contribution is -2.36. The summed E-state index contributed by atoms with van der Waals surface area (Å²) in [5.41, 5.74) is 1.36. The molecule has 0 spiro atoms. The largest absolute Gasteiger partial charge is 0.507 e. The van der Waals surface area contributed by atoms with Gasteiger partial charge in [0.05, 0.1) is 24.3 Å². The maximum absolute atomic E-state index is 13.0. The predicted octanol–water partition coefficient (Wildman–Crippen LogP) is 4.08. The average Bonchev–Trinajstić information content (AvgIpc) is 3.41. The summed E-state index contributed by atoms with van der Waals surface area (Å²) in [6, 6.07) is 15.5. The van der Waals surface area contributed by atoms with Crippen LogP contribution in [0, 0.1) is 0 Å². The number of Topliss-reactive ketones (excluding diaryl/α,β-unsaturated/α-hetero) is 1. The van der Waals surface area contributed by atoms with E-state index in [0.29, 0.717) is 25.3 Å². The number of benzene rings is 2. The van der Waals surface area contributed by atoms with Gasteiger partial charge in [-0.25, -0.2) is 0 Å². The highest BCUT2D eigenvalue weighted by atomic mass is 16.5. The standard InChI is InChI=1S/C25H27NO5/c1-2-14-30-19-12-10-17(11-13-19)22-21(23(27)18-7-4-3-5-8-18)24(28)25(29)26(22)16-20-9-6-15-31-20/h3-5,7-8,10-13,20,22,27H,2,6,9,14-16H2,1H3. The van der Waals surface area contributed by atoms with Crippen LogP contribution in [0.25, 0.3) is 5.76 Å². The van der Waals surface area contributed by atoms with Crippen molar-refractivity contribution in [2.45, 2.75) is 38.3 Å². The van der Waals surface area contributed by atoms with Crippen molar-refractivity contribution in [3.05, 3.63) is 71.3 Å². The first-order valence-corrected chi connectivity index (χ1v) is 10.8. The fraction of sp³-hybridized carbons (Fsp3) is 0.360. The van der Waals surface area contributed by atoms with E-state index in [-0.39, 0.29) is 17.4 Å². The van der Waals surface area contributed by atoms with Crippen molar-refractivity contribution < 1.29 is 24.2 Å². The monoisotopic (exact) mass is 421 g/mol. The van der Waals surface area contributed by atoms with E-state index in [2.05, 4.69) is 0 Å². The van der Waals surface area contributed by atoms with Crippen LogP contribution in [-0.2, 0) is 14.3 Å². The SMILES string of the molecule is CCCOc1ccc(C2C(=C(O)c3ccccc3)C(=O)C(=O)N2CC2CCCO2)cc1. The van der Waals surface area contributed by atoms with E-state index in [4.69, 9.17) is 9.47 Å². The first-order chi connectivity index (χ1) is 15.1. The van der Waals surface area contributed by atoms with E-state index in [1.54, 1.807) is 24.3 Å². The zero-order chi connectivity index (χ0) is 21.8. The van der Waals surface area contributed by atoms with Crippen LogP contribution in [0.1, 0.15) is 43.4 Å². The first kappa shape index (κ1) is 21.1. The molecule has 162 valence electrons. The smallest absolute Gasteiger partial charge is 0.295 e. The minimum absolute atomic E-state index is 0.107. The van der Waals surface area contributed by atoms with Crippen molar-refractivity contribution in [3.8, 4) is 5.75 Å². The Morgan fingerprint density at radius 2 is 1.87 bits per heavy atom. The topological polar surface area (TPSA) is 76.1 Å². The van der Waals surface area contributed by atoms with Gasteiger partial charge in [-0.2, -0.15) is 0 Å². The number of nitrogens with zero attached hydrogens (tertiary/aromatic N) is 1. The number of carbonyl (C=O) groups excluding carboxylic acids is 2. The van der Waals surface area contributed by atoms with E-state index in [1.165, 1.54) is 4.90 Å². The van der Waals surface area contributed by atoms with E-state index in [0.717, 1.165) is 30.6 Å². The van der Waals surface area contributed by atoms with Gasteiger partial charge in [-0.1, -0.05) is 49.4 Å². The molecule has 0 aliphatic carbocycles. The second-order valence-electron chi connectivity index (χ2n) is 7.87. The summed E-state index contributed by atoms with van der Waals surface area (Å²) in [4.78, 5) is 27.5. The molecule has 1 N–H and O–H groups in total. The molecule has 2 aromatic rings. The number of likely N-dealkylation sites (tertiary alicyclic amines) is 1. The van der Waals surface area contributed by atoms with Gasteiger partial charge >= 0.3 is 0 Å². The van der Waals surface area contributed by atoms with E-state index >= 15 is 0 Å². The van der Waals surface area contributed by atoms with Crippen molar-refractivity contribution in [2.24, 2.45) is 0 Å². The Hall–Kier alpha value is -3.12. The summed E-state index contributed by atoms with van der Waals surface area (Å²) in [7, 11) is 0. The number of ketones is 1. The van der Waals surface area contributed by atoms with Crippen molar-refractivity contribution in [2.75, 3.05) is 19.8 Å². The van der Waals surface area contributed by atoms with Crippen molar-refractivity contribution in [1.82, 2.24) is 4.90 Å². The maximum Gasteiger partial charge on any atom is 0.295 e. The molecule has 2 saturated heterocycles. The zero-order valence-corrected chi connectivity index (χ0v) is 17.6. The lowest BCUT2D eigenvalue weighted by Gasteiger charge is -2.27. The first-order valence-electron chi connectivity index (χ1n) is 10.8. The highest BCUT2D eigenvalue weighted by Crippen LogP contribution is 2.40. The Morgan fingerprint density at radius 3 is 2.52 bits per heavy atom. The number of hydrogen-bond acceptors (Lipinski definition) is 5. The summed E-state index contributed by atoms with van der Waals surface area (Å²) in [5.74, 6) is -0.713. The molecule has 2 atom stereocenters. The number of hydrogen-bond donors (Lipinski definition) is 1. The number of rotatable bonds is 7. The van der Waals surface area contributed by atoms with E-state index in [9.17, 15) is 14.7 Å². The van der Waals surface area contributed by atoms with Crippen LogP contribution in [0.4, 0.5) is 0 Å². The second kappa shape index (κ2) is 9.35. The molecule has 6 heteroatoms. The summed E-state index contributed by atoms with van der Waals surface area (Å²) >= 11 is 0. The lowest BCUT2D eigenvalue weighted by molar-refractivity contribution is -0.140. The third-order valence-corrected chi connectivity index (χ3v) is 5.68. The molecule has 2 fully saturated rings. The molecule has 4 rings (SSSR count). The molecule has 31 heavy (non-hydrogen) atoms. The lowest BCUT2D eigenvalue weighted by atomic mass is 9.95. The van der Waals surface area contributed by atoms with Gasteiger partial charge in [0.1, 0.15) is 11.5 Å². The third-order valence-electron chi connectivity index (χ3n) is 5.68. The number of ether oxygens (including phenoxy) is 2. The van der Waals surface area contributed by atoms with Crippen LogP contribution in [-0.4, -0.2) is 47.6 Å². The van der Waals surface area contributed by atoms with Crippen LogP contribution in [0.3, 0.4) is 0 Å².